The maximum absolute atomic E-state index is 11.0. The maximum Gasteiger partial charge on any atom is 0.308 e. The fourth-order valence-electron chi connectivity index (χ4n) is 2.22. The maximum atomic E-state index is 11.0. The first kappa shape index (κ1) is 10.9. The quantitative estimate of drug-likeness (QED) is 0.824. The van der Waals surface area contributed by atoms with E-state index in [9.17, 15) is 4.79 Å². The predicted octanol–water partition coefficient (Wildman–Crippen LogP) is 1.69. The molecule has 0 spiro atoms. The zero-order valence-corrected chi connectivity index (χ0v) is 9.39. The van der Waals surface area contributed by atoms with Gasteiger partial charge in [-0.05, 0) is 31.4 Å². The fourth-order valence-corrected chi connectivity index (χ4v) is 2.22. The molecule has 0 radical (unpaired) electrons. The van der Waals surface area contributed by atoms with E-state index in [1.54, 1.807) is 6.20 Å². The third kappa shape index (κ3) is 2.15. The van der Waals surface area contributed by atoms with E-state index in [2.05, 4.69) is 9.88 Å². The van der Waals surface area contributed by atoms with Crippen LogP contribution in [-0.2, 0) is 4.79 Å². The molecule has 2 rings (SSSR count). The van der Waals surface area contributed by atoms with Gasteiger partial charge in [-0.3, -0.25) is 9.78 Å². The van der Waals surface area contributed by atoms with Gasteiger partial charge in [-0.15, -0.1) is 0 Å². The van der Waals surface area contributed by atoms with Gasteiger partial charge >= 0.3 is 5.97 Å². The van der Waals surface area contributed by atoms with Gasteiger partial charge < -0.3 is 10.0 Å². The Kier molecular flexibility index (Phi) is 3.08. The summed E-state index contributed by atoms with van der Waals surface area (Å²) in [7, 11) is 0. The Hall–Kier alpha value is -1.58. The minimum absolute atomic E-state index is 0.235. The van der Waals surface area contributed by atoms with Crippen LogP contribution in [-0.4, -0.2) is 29.1 Å². The Morgan fingerprint density at radius 2 is 2.44 bits per heavy atom. The van der Waals surface area contributed by atoms with Crippen LogP contribution >= 0.6 is 0 Å². The van der Waals surface area contributed by atoms with Crippen molar-refractivity contribution in [1.82, 2.24) is 4.98 Å². The number of aryl methyl sites for hydroxylation is 1. The summed E-state index contributed by atoms with van der Waals surface area (Å²) in [6, 6.07) is 1.96. The molecular formula is C12H16N2O2. The van der Waals surface area contributed by atoms with E-state index >= 15 is 0 Å². The molecule has 4 nitrogen and oxygen atoms in total. The Bertz CT molecular complexity index is 392. The molecule has 0 aliphatic carbocycles. The molecule has 1 aliphatic heterocycles. The molecule has 1 fully saturated rings. The average molecular weight is 220 g/mol. The smallest absolute Gasteiger partial charge is 0.308 e. The first-order valence-electron chi connectivity index (χ1n) is 5.57. The largest absolute Gasteiger partial charge is 0.481 e. The Balaban J connectivity index is 2.16. The van der Waals surface area contributed by atoms with Gasteiger partial charge in [0, 0.05) is 31.2 Å². The van der Waals surface area contributed by atoms with Crippen molar-refractivity contribution in [2.75, 3.05) is 18.0 Å². The molecule has 86 valence electrons. The normalized spacial score (nSPS) is 20.8. The number of pyridine rings is 1. The van der Waals surface area contributed by atoms with Crippen LogP contribution in [0.5, 0.6) is 0 Å². The molecule has 1 N–H and O–H groups in total. The van der Waals surface area contributed by atoms with E-state index in [1.165, 1.54) is 0 Å². The molecule has 1 aliphatic rings. The minimum Gasteiger partial charge on any atom is -0.481 e. The number of anilines is 1. The van der Waals surface area contributed by atoms with Crippen molar-refractivity contribution in [1.29, 1.82) is 0 Å². The van der Waals surface area contributed by atoms with Crippen LogP contribution in [0.1, 0.15) is 18.4 Å². The van der Waals surface area contributed by atoms with Crippen LogP contribution in [0.2, 0.25) is 0 Å². The van der Waals surface area contributed by atoms with E-state index in [0.717, 1.165) is 30.6 Å². The molecule has 1 aromatic heterocycles. The van der Waals surface area contributed by atoms with Crippen LogP contribution in [0.3, 0.4) is 0 Å². The van der Waals surface area contributed by atoms with Crippen LogP contribution < -0.4 is 4.90 Å². The lowest BCUT2D eigenvalue weighted by Gasteiger charge is -2.33. The van der Waals surface area contributed by atoms with E-state index in [1.807, 2.05) is 19.2 Å². The van der Waals surface area contributed by atoms with Crippen molar-refractivity contribution in [2.45, 2.75) is 19.8 Å². The van der Waals surface area contributed by atoms with E-state index in [0.29, 0.717) is 6.54 Å². The monoisotopic (exact) mass is 220 g/mol. The highest BCUT2D eigenvalue weighted by Gasteiger charge is 2.25. The number of carbonyl (C=O) groups is 1. The van der Waals surface area contributed by atoms with Crippen LogP contribution in [0.4, 0.5) is 5.69 Å². The first-order chi connectivity index (χ1) is 7.68. The highest BCUT2D eigenvalue weighted by Crippen LogP contribution is 2.25. The van der Waals surface area contributed by atoms with Gasteiger partial charge in [0.2, 0.25) is 0 Å². The highest BCUT2D eigenvalue weighted by atomic mass is 16.4. The third-order valence-corrected chi connectivity index (χ3v) is 3.10. The topological polar surface area (TPSA) is 53.4 Å². The molecule has 1 unspecified atom stereocenters. The molecule has 0 bridgehead atoms. The molecular weight excluding hydrogens is 204 g/mol. The molecule has 1 saturated heterocycles. The van der Waals surface area contributed by atoms with E-state index < -0.39 is 5.97 Å². The van der Waals surface area contributed by atoms with Crippen molar-refractivity contribution < 1.29 is 9.90 Å². The van der Waals surface area contributed by atoms with Gasteiger partial charge in [-0.1, -0.05) is 0 Å². The number of nitrogens with zero attached hydrogens (tertiary/aromatic N) is 2. The summed E-state index contributed by atoms with van der Waals surface area (Å²) in [6.07, 6.45) is 5.31. The minimum atomic E-state index is -0.684. The summed E-state index contributed by atoms with van der Waals surface area (Å²) in [5.41, 5.74) is 2.22. The second-order valence-electron chi connectivity index (χ2n) is 4.29. The van der Waals surface area contributed by atoms with Crippen molar-refractivity contribution >= 4 is 11.7 Å². The molecule has 16 heavy (non-hydrogen) atoms. The second kappa shape index (κ2) is 4.51. The summed E-state index contributed by atoms with van der Waals surface area (Å²) in [4.78, 5) is 17.2. The summed E-state index contributed by atoms with van der Waals surface area (Å²) in [6.45, 7) is 3.56. The number of aliphatic carboxylic acids is 1. The first-order valence-corrected chi connectivity index (χ1v) is 5.57. The van der Waals surface area contributed by atoms with Gasteiger partial charge in [0.15, 0.2) is 0 Å². The summed E-state index contributed by atoms with van der Waals surface area (Å²) in [5.74, 6) is -0.919. The van der Waals surface area contributed by atoms with E-state index in [4.69, 9.17) is 5.11 Å². The number of rotatable bonds is 2. The zero-order chi connectivity index (χ0) is 11.5. The lowest BCUT2D eigenvalue weighted by Crippen LogP contribution is -2.39. The van der Waals surface area contributed by atoms with Gasteiger partial charge in [0.05, 0.1) is 5.92 Å². The predicted molar refractivity (Wildman–Crippen MR) is 61.5 cm³/mol. The van der Waals surface area contributed by atoms with Gasteiger partial charge in [0.25, 0.3) is 0 Å². The van der Waals surface area contributed by atoms with Gasteiger partial charge in [-0.2, -0.15) is 0 Å². The number of carboxylic acids is 1. The van der Waals surface area contributed by atoms with Gasteiger partial charge in [0.1, 0.15) is 0 Å². The van der Waals surface area contributed by atoms with Crippen LogP contribution in [0.25, 0.3) is 0 Å². The number of carboxylic acid groups (broad SMARTS) is 1. The molecule has 4 heteroatoms. The molecule has 2 heterocycles. The lowest BCUT2D eigenvalue weighted by atomic mass is 9.97. The molecule has 1 aromatic rings. The number of hydrogen-bond acceptors (Lipinski definition) is 3. The number of piperidine rings is 1. The van der Waals surface area contributed by atoms with Crippen molar-refractivity contribution in [3.8, 4) is 0 Å². The molecule has 1 atom stereocenters. The van der Waals surface area contributed by atoms with Gasteiger partial charge in [-0.25, -0.2) is 0 Å². The number of hydrogen-bond donors (Lipinski definition) is 1. The van der Waals surface area contributed by atoms with Crippen molar-refractivity contribution in [2.24, 2.45) is 5.92 Å². The average Bonchev–Trinajstić information content (AvgIpc) is 2.30. The van der Waals surface area contributed by atoms with E-state index in [-0.39, 0.29) is 5.92 Å². The van der Waals surface area contributed by atoms with Crippen LogP contribution in [0.15, 0.2) is 18.5 Å². The summed E-state index contributed by atoms with van der Waals surface area (Å²) < 4.78 is 0. The highest BCUT2D eigenvalue weighted by molar-refractivity contribution is 5.71. The SMILES string of the molecule is Cc1cnccc1N1CCCC(C(=O)O)C1. The lowest BCUT2D eigenvalue weighted by molar-refractivity contribution is -0.141. The Morgan fingerprint density at radius 3 is 3.12 bits per heavy atom. The molecule has 0 aromatic carbocycles. The summed E-state index contributed by atoms with van der Waals surface area (Å²) in [5, 5.41) is 9.03. The zero-order valence-electron chi connectivity index (χ0n) is 9.39. The summed E-state index contributed by atoms with van der Waals surface area (Å²) >= 11 is 0. The third-order valence-electron chi connectivity index (χ3n) is 3.10. The molecule has 0 amide bonds. The standard InChI is InChI=1S/C12H16N2O2/c1-9-7-13-5-4-11(9)14-6-2-3-10(8-14)12(15)16/h4-5,7,10H,2-3,6,8H2,1H3,(H,15,16). The second-order valence-corrected chi connectivity index (χ2v) is 4.29. The van der Waals surface area contributed by atoms with Crippen LogP contribution in [0, 0.1) is 12.8 Å². The number of aromatic nitrogens is 1. The Labute approximate surface area is 94.9 Å². The van der Waals surface area contributed by atoms with Crippen molar-refractivity contribution in [3.05, 3.63) is 24.0 Å². The molecule has 0 saturated carbocycles. The fraction of sp³-hybridized carbons (Fsp3) is 0.500. The Morgan fingerprint density at radius 1 is 1.62 bits per heavy atom. The van der Waals surface area contributed by atoms with Crippen molar-refractivity contribution in [3.63, 3.8) is 0 Å².